The van der Waals surface area contributed by atoms with Gasteiger partial charge in [0, 0.05) is 41.3 Å². The van der Waals surface area contributed by atoms with Crippen LogP contribution in [0.2, 0.25) is 0 Å². The number of anilines is 2. The molecule has 0 radical (unpaired) electrons. The summed E-state index contributed by atoms with van der Waals surface area (Å²) in [5.74, 6) is 0.284. The molecule has 0 spiro atoms. The van der Waals surface area contributed by atoms with Gasteiger partial charge in [0.1, 0.15) is 0 Å². The highest BCUT2D eigenvalue weighted by molar-refractivity contribution is 9.10. The van der Waals surface area contributed by atoms with E-state index in [0.29, 0.717) is 23.9 Å². The number of nitrogens with one attached hydrogen (secondary N) is 1. The van der Waals surface area contributed by atoms with Gasteiger partial charge in [0.2, 0.25) is 23.5 Å². The van der Waals surface area contributed by atoms with Crippen LogP contribution in [0.4, 0.5) is 11.4 Å². The highest BCUT2D eigenvalue weighted by Gasteiger charge is 2.35. The predicted octanol–water partition coefficient (Wildman–Crippen LogP) is 4.11. The summed E-state index contributed by atoms with van der Waals surface area (Å²) in [5, 5.41) is 6.83. The van der Waals surface area contributed by atoms with Gasteiger partial charge in [-0.25, -0.2) is 0 Å². The molecule has 0 aliphatic carbocycles. The first-order valence-electron chi connectivity index (χ1n) is 9.19. The van der Waals surface area contributed by atoms with Crippen molar-refractivity contribution < 1.29 is 14.1 Å². The average molecular weight is 455 g/mol. The van der Waals surface area contributed by atoms with E-state index in [1.165, 1.54) is 0 Å². The van der Waals surface area contributed by atoms with Crippen molar-refractivity contribution in [2.75, 3.05) is 16.8 Å². The summed E-state index contributed by atoms with van der Waals surface area (Å²) in [6.45, 7) is 4.01. The van der Waals surface area contributed by atoms with E-state index in [9.17, 15) is 9.59 Å². The van der Waals surface area contributed by atoms with E-state index in [4.69, 9.17) is 4.52 Å². The summed E-state index contributed by atoms with van der Waals surface area (Å²) in [4.78, 5) is 31.1. The van der Waals surface area contributed by atoms with Crippen molar-refractivity contribution in [3.8, 4) is 11.4 Å². The summed E-state index contributed by atoms with van der Waals surface area (Å²) in [5.41, 5.74) is 3.21. The molecule has 2 amide bonds. The highest BCUT2D eigenvalue weighted by atomic mass is 79.9. The Hall–Kier alpha value is -3.00. The first-order valence-corrected chi connectivity index (χ1v) is 9.98. The topological polar surface area (TPSA) is 88.3 Å². The summed E-state index contributed by atoms with van der Waals surface area (Å²) in [6.07, 6.45) is 0.174. The molecule has 7 nitrogen and oxygen atoms in total. The van der Waals surface area contributed by atoms with Gasteiger partial charge in [-0.1, -0.05) is 33.2 Å². The van der Waals surface area contributed by atoms with Crippen LogP contribution >= 0.6 is 15.9 Å². The lowest BCUT2D eigenvalue weighted by Crippen LogP contribution is -2.28. The van der Waals surface area contributed by atoms with Gasteiger partial charge in [-0.05, 0) is 42.8 Å². The monoisotopic (exact) mass is 454 g/mol. The van der Waals surface area contributed by atoms with E-state index < -0.39 is 5.92 Å². The number of rotatable bonds is 4. The predicted molar refractivity (Wildman–Crippen MR) is 112 cm³/mol. The minimum atomic E-state index is -0.414. The van der Waals surface area contributed by atoms with Crippen LogP contribution < -0.4 is 10.2 Å². The number of hydrogen-bond donors (Lipinski definition) is 1. The molecule has 1 N–H and O–H groups in total. The van der Waals surface area contributed by atoms with Crippen LogP contribution in [-0.4, -0.2) is 28.5 Å². The standard InChI is InChI=1S/C21H19BrN4O3/c1-12-8-16(6-7-18(12)22)24-21(28)15-10-19(27)26(11-15)17-5-3-4-14(9-17)20-23-13(2)29-25-20/h3-9,15H,10-11H2,1-2H3,(H,24,28)/t15-/m0/s1. The van der Waals surface area contributed by atoms with Gasteiger partial charge >= 0.3 is 0 Å². The van der Waals surface area contributed by atoms with Gasteiger partial charge in [0.05, 0.1) is 5.92 Å². The minimum absolute atomic E-state index is 0.0846. The lowest BCUT2D eigenvalue weighted by molar-refractivity contribution is -0.122. The molecule has 8 heteroatoms. The van der Waals surface area contributed by atoms with Crippen molar-refractivity contribution in [1.29, 1.82) is 0 Å². The maximum absolute atomic E-state index is 12.7. The number of aromatic nitrogens is 2. The highest BCUT2D eigenvalue weighted by Crippen LogP contribution is 2.29. The Morgan fingerprint density at radius 3 is 2.79 bits per heavy atom. The molecule has 2 heterocycles. The zero-order valence-corrected chi connectivity index (χ0v) is 17.6. The molecule has 1 saturated heterocycles. The maximum atomic E-state index is 12.7. The minimum Gasteiger partial charge on any atom is -0.339 e. The second-order valence-electron chi connectivity index (χ2n) is 7.05. The van der Waals surface area contributed by atoms with Crippen molar-refractivity contribution in [2.45, 2.75) is 20.3 Å². The molecular formula is C21H19BrN4O3. The van der Waals surface area contributed by atoms with E-state index in [1.54, 1.807) is 11.8 Å². The lowest BCUT2D eigenvalue weighted by Gasteiger charge is -2.17. The number of benzene rings is 2. The largest absolute Gasteiger partial charge is 0.339 e. The van der Waals surface area contributed by atoms with E-state index in [1.807, 2.05) is 49.4 Å². The fourth-order valence-corrected chi connectivity index (χ4v) is 3.58. The Bertz CT molecular complexity index is 1100. The number of nitrogens with zero attached hydrogens (tertiary/aromatic N) is 3. The zero-order valence-electron chi connectivity index (χ0n) is 16.0. The van der Waals surface area contributed by atoms with Gasteiger partial charge in [0.15, 0.2) is 0 Å². The SMILES string of the molecule is Cc1nc(-c2cccc(N3C[C@@H](C(=O)Nc4ccc(Br)c(C)c4)CC3=O)c2)no1. The van der Waals surface area contributed by atoms with Crippen molar-refractivity contribution in [3.05, 3.63) is 58.4 Å². The van der Waals surface area contributed by atoms with Crippen LogP contribution in [0, 0.1) is 19.8 Å². The third kappa shape index (κ3) is 4.07. The number of carbonyl (C=O) groups excluding carboxylic acids is 2. The lowest BCUT2D eigenvalue weighted by atomic mass is 10.1. The first-order chi connectivity index (χ1) is 13.9. The zero-order chi connectivity index (χ0) is 20.5. The summed E-state index contributed by atoms with van der Waals surface area (Å²) < 4.78 is 6.01. The Morgan fingerprint density at radius 1 is 1.24 bits per heavy atom. The smallest absolute Gasteiger partial charge is 0.229 e. The number of hydrogen-bond acceptors (Lipinski definition) is 5. The molecule has 2 aromatic carbocycles. The number of halogens is 1. The molecule has 1 aliphatic heterocycles. The summed E-state index contributed by atoms with van der Waals surface area (Å²) >= 11 is 3.45. The Kier molecular flexibility index (Phi) is 5.19. The molecule has 0 bridgehead atoms. The second-order valence-corrected chi connectivity index (χ2v) is 7.90. The van der Waals surface area contributed by atoms with Gasteiger partial charge in [-0.15, -0.1) is 0 Å². The van der Waals surface area contributed by atoms with Crippen LogP contribution in [-0.2, 0) is 9.59 Å². The maximum Gasteiger partial charge on any atom is 0.229 e. The molecule has 1 aliphatic rings. The fourth-order valence-electron chi connectivity index (χ4n) is 3.33. The Labute approximate surface area is 176 Å². The van der Waals surface area contributed by atoms with Crippen molar-refractivity contribution in [2.24, 2.45) is 5.92 Å². The van der Waals surface area contributed by atoms with Crippen molar-refractivity contribution >= 4 is 39.1 Å². The van der Waals surface area contributed by atoms with Gasteiger partial charge in [-0.2, -0.15) is 4.98 Å². The van der Waals surface area contributed by atoms with Crippen LogP contribution in [0.3, 0.4) is 0 Å². The number of aryl methyl sites for hydroxylation is 2. The normalized spacial score (nSPS) is 16.3. The van der Waals surface area contributed by atoms with E-state index >= 15 is 0 Å². The molecule has 1 atom stereocenters. The average Bonchev–Trinajstić information content (AvgIpc) is 3.31. The number of carbonyl (C=O) groups is 2. The van der Waals surface area contributed by atoms with Crippen LogP contribution in [0.1, 0.15) is 17.9 Å². The summed E-state index contributed by atoms with van der Waals surface area (Å²) in [6, 6.07) is 13.0. The van der Waals surface area contributed by atoms with Gasteiger partial charge in [-0.3, -0.25) is 9.59 Å². The third-order valence-electron chi connectivity index (χ3n) is 4.86. The first kappa shape index (κ1) is 19.3. The van der Waals surface area contributed by atoms with Crippen LogP contribution in [0.25, 0.3) is 11.4 Å². The van der Waals surface area contributed by atoms with Gasteiger partial charge in [0.25, 0.3) is 0 Å². The Morgan fingerprint density at radius 2 is 2.07 bits per heavy atom. The molecule has 3 aromatic rings. The molecule has 4 rings (SSSR count). The van der Waals surface area contributed by atoms with E-state index in [-0.39, 0.29) is 18.2 Å². The second kappa shape index (κ2) is 7.79. The third-order valence-corrected chi connectivity index (χ3v) is 5.75. The van der Waals surface area contributed by atoms with E-state index in [0.717, 1.165) is 21.3 Å². The molecule has 1 fully saturated rings. The molecule has 0 saturated carbocycles. The van der Waals surface area contributed by atoms with Crippen molar-refractivity contribution in [1.82, 2.24) is 10.1 Å². The molecule has 1 aromatic heterocycles. The van der Waals surface area contributed by atoms with Crippen molar-refractivity contribution in [3.63, 3.8) is 0 Å². The molecular weight excluding hydrogens is 436 g/mol. The quantitative estimate of drug-likeness (QED) is 0.640. The molecule has 29 heavy (non-hydrogen) atoms. The van der Waals surface area contributed by atoms with Gasteiger partial charge < -0.3 is 14.7 Å². The van der Waals surface area contributed by atoms with Crippen LogP contribution in [0.5, 0.6) is 0 Å². The molecule has 148 valence electrons. The van der Waals surface area contributed by atoms with E-state index in [2.05, 4.69) is 31.4 Å². The summed E-state index contributed by atoms with van der Waals surface area (Å²) in [7, 11) is 0. The number of amides is 2. The Balaban J connectivity index is 1.49. The molecule has 0 unspecified atom stereocenters. The van der Waals surface area contributed by atoms with Crippen LogP contribution in [0.15, 0.2) is 51.5 Å². The fraction of sp³-hybridized carbons (Fsp3) is 0.238.